The minimum atomic E-state index is -0.338. The molecule has 0 spiro atoms. The Bertz CT molecular complexity index is 543. The third-order valence-electron chi connectivity index (χ3n) is 4.05. The number of piperazine rings is 1. The molecule has 2 aliphatic rings. The molecule has 3 rings (SSSR count). The van der Waals surface area contributed by atoms with Crippen LogP contribution in [0.3, 0.4) is 0 Å². The first-order valence-corrected chi connectivity index (χ1v) is 7.34. The number of imide groups is 1. The van der Waals surface area contributed by atoms with Crippen LogP contribution in [0.1, 0.15) is 13.3 Å². The molecule has 2 aliphatic heterocycles. The van der Waals surface area contributed by atoms with Gasteiger partial charge in [0.05, 0.1) is 0 Å². The Kier molecular flexibility index (Phi) is 3.79. The van der Waals surface area contributed by atoms with Crippen molar-refractivity contribution in [3.05, 3.63) is 24.3 Å². The summed E-state index contributed by atoms with van der Waals surface area (Å²) in [6, 6.07) is 8.09. The van der Waals surface area contributed by atoms with Crippen LogP contribution >= 0.6 is 0 Å². The molecule has 0 bridgehead atoms. The standard InChI is InChI=1S/C15H20N4O2/c1-11-10-16-7-9-18(11)12-2-4-13(5-3-12)19-8-6-14(20)17-15(19)21/h2-5,11,16H,6-10H2,1H3,(H,17,20,21). The molecule has 6 heteroatoms. The van der Waals surface area contributed by atoms with Gasteiger partial charge in [0, 0.05) is 50.0 Å². The van der Waals surface area contributed by atoms with Crippen LogP contribution in [-0.4, -0.2) is 44.2 Å². The van der Waals surface area contributed by atoms with E-state index in [0.29, 0.717) is 19.0 Å². The molecule has 6 nitrogen and oxygen atoms in total. The van der Waals surface area contributed by atoms with Gasteiger partial charge in [0.1, 0.15) is 0 Å². The lowest BCUT2D eigenvalue weighted by molar-refractivity contribution is -0.120. The highest BCUT2D eigenvalue weighted by molar-refractivity contribution is 6.05. The summed E-state index contributed by atoms with van der Waals surface area (Å²) >= 11 is 0. The number of hydrogen-bond donors (Lipinski definition) is 2. The second-order valence-electron chi connectivity index (χ2n) is 5.52. The van der Waals surface area contributed by atoms with Gasteiger partial charge in [-0.05, 0) is 31.2 Å². The molecule has 21 heavy (non-hydrogen) atoms. The molecular formula is C15H20N4O2. The highest BCUT2D eigenvalue weighted by Gasteiger charge is 2.24. The predicted molar refractivity (Wildman–Crippen MR) is 81.6 cm³/mol. The molecule has 2 heterocycles. The van der Waals surface area contributed by atoms with Crippen LogP contribution in [0.15, 0.2) is 24.3 Å². The van der Waals surface area contributed by atoms with E-state index in [2.05, 4.69) is 22.5 Å². The highest BCUT2D eigenvalue weighted by Crippen LogP contribution is 2.24. The summed E-state index contributed by atoms with van der Waals surface area (Å²) in [6.07, 6.45) is 0.350. The number of carbonyl (C=O) groups excluding carboxylic acids is 2. The quantitative estimate of drug-likeness (QED) is 0.850. The average molecular weight is 288 g/mol. The molecule has 0 saturated carbocycles. The normalized spacial score (nSPS) is 23.2. The summed E-state index contributed by atoms with van der Waals surface area (Å²) in [5.74, 6) is -0.206. The van der Waals surface area contributed by atoms with Crippen molar-refractivity contribution in [2.45, 2.75) is 19.4 Å². The first-order valence-electron chi connectivity index (χ1n) is 7.34. The largest absolute Gasteiger partial charge is 0.366 e. The topological polar surface area (TPSA) is 64.7 Å². The second-order valence-corrected chi connectivity index (χ2v) is 5.52. The number of anilines is 2. The number of urea groups is 1. The number of nitrogens with one attached hydrogen (secondary N) is 2. The molecule has 2 fully saturated rings. The number of amides is 3. The van der Waals surface area contributed by atoms with Gasteiger partial charge < -0.3 is 10.2 Å². The monoisotopic (exact) mass is 288 g/mol. The van der Waals surface area contributed by atoms with Crippen LogP contribution in [0.4, 0.5) is 16.2 Å². The van der Waals surface area contributed by atoms with Crippen molar-refractivity contribution in [1.29, 1.82) is 0 Å². The Balaban J connectivity index is 1.74. The fourth-order valence-electron chi connectivity index (χ4n) is 2.86. The molecule has 1 aromatic carbocycles. The predicted octanol–water partition coefficient (Wildman–Crippen LogP) is 0.931. The summed E-state index contributed by atoms with van der Waals surface area (Å²) in [4.78, 5) is 27.0. The van der Waals surface area contributed by atoms with Gasteiger partial charge in [-0.15, -0.1) is 0 Å². The zero-order valence-electron chi connectivity index (χ0n) is 12.1. The Morgan fingerprint density at radius 1 is 1.10 bits per heavy atom. The van der Waals surface area contributed by atoms with E-state index >= 15 is 0 Å². The van der Waals surface area contributed by atoms with Crippen LogP contribution in [0, 0.1) is 0 Å². The van der Waals surface area contributed by atoms with Gasteiger partial charge >= 0.3 is 6.03 Å². The number of benzene rings is 1. The minimum Gasteiger partial charge on any atom is -0.366 e. The summed E-state index contributed by atoms with van der Waals surface area (Å²) in [5.41, 5.74) is 1.99. The van der Waals surface area contributed by atoms with E-state index in [4.69, 9.17) is 0 Å². The molecule has 0 aliphatic carbocycles. The minimum absolute atomic E-state index is 0.206. The number of rotatable bonds is 2. The summed E-state index contributed by atoms with van der Waals surface area (Å²) in [6.45, 7) is 5.60. The summed E-state index contributed by atoms with van der Waals surface area (Å²) in [7, 11) is 0. The SMILES string of the molecule is CC1CNCCN1c1ccc(N2CCC(=O)NC2=O)cc1. The maximum absolute atomic E-state index is 11.8. The van der Waals surface area contributed by atoms with Crippen molar-refractivity contribution in [3.63, 3.8) is 0 Å². The molecule has 1 atom stereocenters. The zero-order valence-corrected chi connectivity index (χ0v) is 12.1. The van der Waals surface area contributed by atoms with Crippen LogP contribution in [-0.2, 0) is 4.79 Å². The third kappa shape index (κ3) is 2.85. The van der Waals surface area contributed by atoms with E-state index in [1.54, 1.807) is 4.90 Å². The fourth-order valence-corrected chi connectivity index (χ4v) is 2.86. The van der Waals surface area contributed by atoms with Gasteiger partial charge in [-0.2, -0.15) is 0 Å². The number of hydrogen-bond acceptors (Lipinski definition) is 4. The van der Waals surface area contributed by atoms with Crippen LogP contribution in [0.2, 0.25) is 0 Å². The van der Waals surface area contributed by atoms with Crippen molar-refractivity contribution in [3.8, 4) is 0 Å². The molecule has 3 amide bonds. The second kappa shape index (κ2) is 5.73. The maximum Gasteiger partial charge on any atom is 0.328 e. The van der Waals surface area contributed by atoms with Crippen LogP contribution in [0.25, 0.3) is 0 Å². The Morgan fingerprint density at radius 3 is 2.48 bits per heavy atom. The Labute approximate surface area is 124 Å². The molecule has 1 aromatic rings. The molecular weight excluding hydrogens is 268 g/mol. The van der Waals surface area contributed by atoms with E-state index in [1.807, 2.05) is 24.3 Å². The molecule has 0 radical (unpaired) electrons. The lowest BCUT2D eigenvalue weighted by Gasteiger charge is -2.36. The number of carbonyl (C=O) groups is 2. The van der Waals surface area contributed by atoms with E-state index in [9.17, 15) is 9.59 Å². The van der Waals surface area contributed by atoms with E-state index in [-0.39, 0.29) is 11.9 Å². The lowest BCUT2D eigenvalue weighted by atomic mass is 10.1. The fraction of sp³-hybridized carbons (Fsp3) is 0.467. The van der Waals surface area contributed by atoms with Crippen molar-refractivity contribution in [1.82, 2.24) is 10.6 Å². The van der Waals surface area contributed by atoms with E-state index < -0.39 is 0 Å². The first-order chi connectivity index (χ1) is 10.1. The van der Waals surface area contributed by atoms with Crippen LogP contribution < -0.4 is 20.4 Å². The average Bonchev–Trinajstić information content (AvgIpc) is 2.48. The van der Waals surface area contributed by atoms with Crippen molar-refractivity contribution >= 4 is 23.3 Å². The van der Waals surface area contributed by atoms with Gasteiger partial charge in [0.2, 0.25) is 5.91 Å². The van der Waals surface area contributed by atoms with Crippen molar-refractivity contribution in [2.75, 3.05) is 36.0 Å². The van der Waals surface area contributed by atoms with Gasteiger partial charge in [-0.3, -0.25) is 15.0 Å². The lowest BCUT2D eigenvalue weighted by Crippen LogP contribution is -2.50. The van der Waals surface area contributed by atoms with Crippen LogP contribution in [0.5, 0.6) is 0 Å². The molecule has 2 saturated heterocycles. The first kappa shape index (κ1) is 13.9. The van der Waals surface area contributed by atoms with Gasteiger partial charge in [-0.25, -0.2) is 4.79 Å². The Hall–Kier alpha value is -2.08. The van der Waals surface area contributed by atoms with E-state index in [1.165, 1.54) is 5.69 Å². The molecule has 2 N–H and O–H groups in total. The smallest absolute Gasteiger partial charge is 0.328 e. The van der Waals surface area contributed by atoms with Crippen molar-refractivity contribution < 1.29 is 9.59 Å². The molecule has 1 unspecified atom stereocenters. The van der Waals surface area contributed by atoms with Gasteiger partial charge in [0.25, 0.3) is 0 Å². The van der Waals surface area contributed by atoms with Crippen molar-refractivity contribution in [2.24, 2.45) is 0 Å². The zero-order chi connectivity index (χ0) is 14.8. The summed E-state index contributed by atoms with van der Waals surface area (Å²) in [5, 5.41) is 5.71. The van der Waals surface area contributed by atoms with Gasteiger partial charge in [-0.1, -0.05) is 0 Å². The van der Waals surface area contributed by atoms with Gasteiger partial charge in [0.15, 0.2) is 0 Å². The number of nitrogens with zero attached hydrogens (tertiary/aromatic N) is 2. The molecule has 0 aromatic heterocycles. The molecule has 112 valence electrons. The summed E-state index contributed by atoms with van der Waals surface area (Å²) < 4.78 is 0. The third-order valence-corrected chi connectivity index (χ3v) is 4.05. The maximum atomic E-state index is 11.8. The highest BCUT2D eigenvalue weighted by atomic mass is 16.2. The Morgan fingerprint density at radius 2 is 1.81 bits per heavy atom. The van der Waals surface area contributed by atoms with E-state index in [0.717, 1.165) is 25.3 Å².